The topological polar surface area (TPSA) is 83.7 Å². The van der Waals surface area contributed by atoms with Gasteiger partial charge in [0.05, 0.1) is 41.6 Å². The lowest BCUT2D eigenvalue weighted by Crippen LogP contribution is -2.19. The number of amides is 1. The molecule has 2 rings (SSSR count). The van der Waals surface area contributed by atoms with E-state index in [4.69, 9.17) is 26.3 Å². The molecule has 0 saturated carbocycles. The van der Waals surface area contributed by atoms with Crippen molar-refractivity contribution >= 4 is 23.7 Å². The molecule has 0 aromatic heterocycles. The molecule has 0 saturated heterocycles. The van der Waals surface area contributed by atoms with Crippen molar-refractivity contribution in [2.24, 2.45) is 5.10 Å². The lowest BCUT2D eigenvalue weighted by Gasteiger charge is -2.17. The van der Waals surface area contributed by atoms with Crippen LogP contribution in [0.1, 0.15) is 41.8 Å². The van der Waals surface area contributed by atoms with E-state index in [0.717, 1.165) is 12.5 Å². The van der Waals surface area contributed by atoms with E-state index in [9.17, 15) is 9.18 Å². The molecule has 0 aliphatic heterocycles. The first-order valence-electron chi connectivity index (χ1n) is 8.46. The first kappa shape index (κ1) is 21.2. The second-order valence-corrected chi connectivity index (χ2v) is 6.28. The zero-order valence-corrected chi connectivity index (χ0v) is 16.4. The molecule has 0 fully saturated rings. The number of carbonyl (C=O) groups excluding carboxylic acids is 1. The fraction of sp³-hybridized carbons (Fsp3) is 0.250. The molecular weight excluding hydrogens is 385 g/mol. The Morgan fingerprint density at radius 2 is 2.18 bits per heavy atom. The molecule has 2 aromatic rings. The van der Waals surface area contributed by atoms with Gasteiger partial charge in [-0.15, -0.1) is 0 Å². The van der Waals surface area contributed by atoms with E-state index < -0.39 is 11.7 Å². The minimum atomic E-state index is -0.803. The lowest BCUT2D eigenvalue weighted by atomic mass is 10.1. The highest BCUT2D eigenvalue weighted by Gasteiger charge is 2.14. The maximum absolute atomic E-state index is 13.9. The molecule has 0 radical (unpaired) electrons. The van der Waals surface area contributed by atoms with Gasteiger partial charge in [-0.3, -0.25) is 4.79 Å². The third-order valence-corrected chi connectivity index (χ3v) is 4.15. The van der Waals surface area contributed by atoms with E-state index >= 15 is 0 Å². The van der Waals surface area contributed by atoms with Crippen LogP contribution in [-0.2, 0) is 0 Å². The number of rotatable bonds is 7. The number of ether oxygens (including phenoxy) is 2. The van der Waals surface area contributed by atoms with Gasteiger partial charge in [0.2, 0.25) is 0 Å². The fourth-order valence-corrected chi connectivity index (χ4v) is 2.47. The number of benzene rings is 2. The quantitative estimate of drug-likeness (QED) is 0.551. The summed E-state index contributed by atoms with van der Waals surface area (Å²) >= 11 is 6.27. The average Bonchev–Trinajstić information content (AvgIpc) is 2.69. The highest BCUT2D eigenvalue weighted by atomic mass is 35.5. The summed E-state index contributed by atoms with van der Waals surface area (Å²) in [6.07, 6.45) is 2.12. The summed E-state index contributed by atoms with van der Waals surface area (Å²) in [6.45, 7) is 3.91. The molecule has 1 N–H and O–H groups in total. The van der Waals surface area contributed by atoms with Gasteiger partial charge in [0.15, 0.2) is 11.5 Å². The first-order chi connectivity index (χ1) is 13.4. The van der Waals surface area contributed by atoms with Gasteiger partial charge in [-0.05, 0) is 49.2 Å². The van der Waals surface area contributed by atoms with E-state index in [2.05, 4.69) is 10.5 Å². The second-order valence-electron chi connectivity index (χ2n) is 5.88. The number of hydrazone groups is 1. The Kier molecular flexibility index (Phi) is 7.36. The molecule has 28 heavy (non-hydrogen) atoms. The maximum atomic E-state index is 13.9. The summed E-state index contributed by atoms with van der Waals surface area (Å²) in [5.41, 5.74) is 2.69. The van der Waals surface area contributed by atoms with Crippen LogP contribution in [0.2, 0.25) is 5.02 Å². The van der Waals surface area contributed by atoms with Gasteiger partial charge >= 0.3 is 0 Å². The zero-order chi connectivity index (χ0) is 20.7. The number of halogens is 2. The van der Waals surface area contributed by atoms with Crippen molar-refractivity contribution in [2.45, 2.75) is 26.4 Å². The minimum absolute atomic E-state index is 0.0347. The summed E-state index contributed by atoms with van der Waals surface area (Å²) in [7, 11) is 1.49. The average molecular weight is 404 g/mol. The number of nitrogens with zero attached hydrogens (tertiary/aromatic N) is 2. The van der Waals surface area contributed by atoms with Crippen molar-refractivity contribution in [3.05, 3.63) is 57.9 Å². The number of hydrogen-bond donors (Lipinski definition) is 1. The Hall–Kier alpha value is -3.11. The second kappa shape index (κ2) is 9.72. The van der Waals surface area contributed by atoms with Crippen LogP contribution in [0.25, 0.3) is 0 Å². The van der Waals surface area contributed by atoms with Gasteiger partial charge in [-0.25, -0.2) is 9.82 Å². The molecule has 0 aliphatic carbocycles. The predicted molar refractivity (Wildman–Crippen MR) is 105 cm³/mol. The van der Waals surface area contributed by atoms with E-state index in [1.165, 1.54) is 25.5 Å². The van der Waals surface area contributed by atoms with Crippen molar-refractivity contribution in [1.82, 2.24) is 5.43 Å². The van der Waals surface area contributed by atoms with Crippen LogP contribution in [0.15, 0.2) is 35.4 Å². The zero-order valence-electron chi connectivity index (χ0n) is 15.6. The maximum Gasteiger partial charge on any atom is 0.274 e. The van der Waals surface area contributed by atoms with Crippen LogP contribution in [0.5, 0.6) is 11.5 Å². The summed E-state index contributed by atoms with van der Waals surface area (Å²) in [6, 6.07) is 8.62. The first-order valence-corrected chi connectivity index (χ1v) is 8.84. The van der Waals surface area contributed by atoms with Crippen molar-refractivity contribution in [3.8, 4) is 17.6 Å². The molecule has 0 bridgehead atoms. The SMILES string of the molecule is CCC(C)Oc1c(Cl)cc(/C=N/NC(=O)c2ccc(C#N)cc2F)cc1OC. The Morgan fingerprint density at radius 1 is 1.43 bits per heavy atom. The van der Waals surface area contributed by atoms with Gasteiger partial charge in [-0.2, -0.15) is 10.4 Å². The van der Waals surface area contributed by atoms with Gasteiger partial charge < -0.3 is 9.47 Å². The summed E-state index contributed by atoms with van der Waals surface area (Å²) in [5, 5.41) is 12.9. The minimum Gasteiger partial charge on any atom is -0.493 e. The Labute approximate surface area is 167 Å². The Morgan fingerprint density at radius 3 is 2.79 bits per heavy atom. The molecule has 1 atom stereocenters. The number of nitrogens with one attached hydrogen (secondary N) is 1. The third-order valence-electron chi connectivity index (χ3n) is 3.87. The van der Waals surface area contributed by atoms with Gasteiger partial charge in [0.25, 0.3) is 5.91 Å². The Bertz CT molecular complexity index is 941. The van der Waals surface area contributed by atoms with Crippen LogP contribution < -0.4 is 14.9 Å². The van der Waals surface area contributed by atoms with Crippen LogP contribution in [0.3, 0.4) is 0 Å². The normalized spacial score (nSPS) is 11.7. The Balaban J connectivity index is 2.15. The van der Waals surface area contributed by atoms with E-state index in [1.54, 1.807) is 18.2 Å². The molecule has 0 heterocycles. The van der Waals surface area contributed by atoms with Crippen LogP contribution in [0.4, 0.5) is 4.39 Å². The van der Waals surface area contributed by atoms with Gasteiger partial charge in [0, 0.05) is 0 Å². The molecule has 0 spiro atoms. The van der Waals surface area contributed by atoms with Gasteiger partial charge in [-0.1, -0.05) is 18.5 Å². The summed E-state index contributed by atoms with van der Waals surface area (Å²) < 4.78 is 24.9. The van der Waals surface area contributed by atoms with E-state index in [1.807, 2.05) is 13.8 Å². The van der Waals surface area contributed by atoms with Crippen LogP contribution in [-0.4, -0.2) is 25.3 Å². The standard InChI is InChI=1S/C20H19ClFN3O3/c1-4-12(2)28-19-16(21)7-14(9-18(19)27-3)11-24-25-20(26)15-6-5-13(10-23)8-17(15)22/h5-9,11-12H,4H2,1-3H3,(H,25,26)/b24-11+. The number of hydrogen-bond acceptors (Lipinski definition) is 5. The molecule has 2 aromatic carbocycles. The molecule has 6 nitrogen and oxygen atoms in total. The van der Waals surface area contributed by atoms with Gasteiger partial charge in [0.1, 0.15) is 5.82 Å². The molecule has 1 unspecified atom stereocenters. The molecular formula is C20H19ClFN3O3. The van der Waals surface area contributed by atoms with Crippen molar-refractivity contribution in [1.29, 1.82) is 5.26 Å². The predicted octanol–water partition coefficient (Wildman–Crippen LogP) is 4.30. The molecule has 146 valence electrons. The summed E-state index contributed by atoms with van der Waals surface area (Å²) in [4.78, 5) is 12.0. The highest BCUT2D eigenvalue weighted by molar-refractivity contribution is 6.32. The summed E-state index contributed by atoms with van der Waals surface area (Å²) in [5.74, 6) is -0.686. The smallest absolute Gasteiger partial charge is 0.274 e. The van der Waals surface area contributed by atoms with Crippen LogP contribution >= 0.6 is 11.6 Å². The van der Waals surface area contributed by atoms with Crippen LogP contribution in [0, 0.1) is 17.1 Å². The van der Waals surface area contributed by atoms with E-state index in [-0.39, 0.29) is 17.2 Å². The number of carbonyl (C=O) groups is 1. The van der Waals surface area contributed by atoms with E-state index in [0.29, 0.717) is 22.1 Å². The van der Waals surface area contributed by atoms with Crippen molar-refractivity contribution < 1.29 is 18.7 Å². The van der Waals surface area contributed by atoms with Crippen molar-refractivity contribution in [3.63, 3.8) is 0 Å². The molecule has 0 aliphatic rings. The molecule has 8 heteroatoms. The fourth-order valence-electron chi connectivity index (χ4n) is 2.21. The molecule has 1 amide bonds. The third kappa shape index (κ3) is 5.21. The number of nitriles is 1. The highest BCUT2D eigenvalue weighted by Crippen LogP contribution is 2.37. The largest absolute Gasteiger partial charge is 0.493 e. The van der Waals surface area contributed by atoms with Crippen molar-refractivity contribution in [2.75, 3.05) is 7.11 Å². The number of methoxy groups -OCH3 is 1. The lowest BCUT2D eigenvalue weighted by molar-refractivity contribution is 0.0951. The monoisotopic (exact) mass is 403 g/mol.